The molecule has 1 N–H and O–H groups in total. The highest BCUT2D eigenvalue weighted by Crippen LogP contribution is 2.42. The maximum atomic E-state index is 13.2. The molecule has 182 valence electrons. The summed E-state index contributed by atoms with van der Waals surface area (Å²) >= 11 is 1.46. The molecular formula is C26H29N5O3S. The van der Waals surface area contributed by atoms with Gasteiger partial charge in [0.2, 0.25) is 11.9 Å². The van der Waals surface area contributed by atoms with Crippen LogP contribution in [0, 0.1) is 0 Å². The summed E-state index contributed by atoms with van der Waals surface area (Å²) in [5.74, 6) is 1.44. The zero-order valence-corrected chi connectivity index (χ0v) is 20.8. The molecule has 2 aromatic heterocycles. The lowest BCUT2D eigenvalue weighted by molar-refractivity contribution is -0.115. The zero-order chi connectivity index (χ0) is 23.9. The Labute approximate surface area is 208 Å². The molecule has 2 aliphatic rings. The lowest BCUT2D eigenvalue weighted by Gasteiger charge is -2.28. The standard InChI is InChI=1S/C26H29N5O3S/c1-16(35-26-29-28-25(31(26)17-10-11-17)30-12-6-3-7-13-30)24(32)27-20-15-22-19(14-23(20)33-2)18-8-4-5-9-21(18)34-22/h4-5,8-9,14-17H,3,6-7,10-13H2,1-2H3,(H,27,32). The van der Waals surface area contributed by atoms with E-state index in [1.807, 2.05) is 43.3 Å². The SMILES string of the molecule is COc1cc2c(cc1NC(=O)C(C)Sc1nnc(N3CCCCC3)n1C1CC1)oc1ccccc12. The summed E-state index contributed by atoms with van der Waals surface area (Å²) in [7, 11) is 1.61. The molecule has 1 unspecified atom stereocenters. The number of hydrogen-bond donors (Lipinski definition) is 1. The van der Waals surface area contributed by atoms with Crippen LogP contribution in [-0.2, 0) is 4.79 Å². The highest BCUT2D eigenvalue weighted by molar-refractivity contribution is 8.00. The Kier molecular flexibility index (Phi) is 5.80. The second kappa shape index (κ2) is 9.11. The maximum Gasteiger partial charge on any atom is 0.237 e. The number of ether oxygens (including phenoxy) is 1. The van der Waals surface area contributed by atoms with E-state index in [4.69, 9.17) is 9.15 Å². The number of thioether (sulfide) groups is 1. The Balaban J connectivity index is 1.23. The Morgan fingerprint density at radius 2 is 1.91 bits per heavy atom. The minimum absolute atomic E-state index is 0.117. The first kappa shape index (κ1) is 22.3. The number of methoxy groups -OCH3 is 1. The van der Waals surface area contributed by atoms with Crippen molar-refractivity contribution in [2.75, 3.05) is 30.4 Å². The number of benzene rings is 2. The summed E-state index contributed by atoms with van der Waals surface area (Å²) in [6.45, 7) is 3.95. The highest BCUT2D eigenvalue weighted by Gasteiger charge is 2.33. The number of piperidine rings is 1. The molecule has 1 saturated carbocycles. The number of amides is 1. The largest absolute Gasteiger partial charge is 0.495 e. The van der Waals surface area contributed by atoms with Crippen LogP contribution in [0.25, 0.3) is 21.9 Å². The first-order valence-electron chi connectivity index (χ1n) is 12.3. The van der Waals surface area contributed by atoms with E-state index < -0.39 is 0 Å². The van der Waals surface area contributed by atoms with Crippen molar-refractivity contribution in [3.05, 3.63) is 36.4 Å². The molecule has 8 nitrogen and oxygen atoms in total. The van der Waals surface area contributed by atoms with Gasteiger partial charge in [0, 0.05) is 36.0 Å². The zero-order valence-electron chi connectivity index (χ0n) is 20.0. The third kappa shape index (κ3) is 4.22. The van der Waals surface area contributed by atoms with E-state index in [0.29, 0.717) is 23.1 Å². The molecule has 1 aliphatic carbocycles. The van der Waals surface area contributed by atoms with Crippen molar-refractivity contribution in [2.45, 2.75) is 55.5 Å². The topological polar surface area (TPSA) is 85.4 Å². The van der Waals surface area contributed by atoms with Crippen LogP contribution in [0.3, 0.4) is 0 Å². The quantitative estimate of drug-likeness (QED) is 0.335. The number of para-hydroxylation sites is 1. The normalized spacial score (nSPS) is 17.1. The predicted molar refractivity (Wildman–Crippen MR) is 139 cm³/mol. The van der Waals surface area contributed by atoms with Crippen molar-refractivity contribution in [1.29, 1.82) is 0 Å². The number of nitrogens with zero attached hydrogens (tertiary/aromatic N) is 4. The number of furan rings is 1. The van der Waals surface area contributed by atoms with Gasteiger partial charge >= 0.3 is 0 Å². The Bertz CT molecular complexity index is 1390. The summed E-state index contributed by atoms with van der Waals surface area (Å²) in [4.78, 5) is 15.6. The third-order valence-electron chi connectivity index (χ3n) is 6.81. The number of anilines is 2. The van der Waals surface area contributed by atoms with Crippen LogP contribution < -0.4 is 15.0 Å². The average Bonchev–Trinajstić information content (AvgIpc) is 3.54. The van der Waals surface area contributed by atoms with Gasteiger partial charge in [-0.05, 0) is 51.2 Å². The molecule has 0 spiro atoms. The van der Waals surface area contributed by atoms with Gasteiger partial charge in [-0.15, -0.1) is 10.2 Å². The van der Waals surface area contributed by atoms with E-state index >= 15 is 0 Å². The molecule has 9 heteroatoms. The fourth-order valence-electron chi connectivity index (χ4n) is 4.78. The first-order valence-corrected chi connectivity index (χ1v) is 13.2. The van der Waals surface area contributed by atoms with Crippen LogP contribution in [0.2, 0.25) is 0 Å². The number of carbonyl (C=O) groups excluding carboxylic acids is 1. The van der Waals surface area contributed by atoms with E-state index in [1.165, 1.54) is 31.0 Å². The second-order valence-corrected chi connectivity index (χ2v) is 10.6. The maximum absolute atomic E-state index is 13.2. The number of hydrogen-bond acceptors (Lipinski definition) is 7. The average molecular weight is 492 g/mol. The van der Waals surface area contributed by atoms with Crippen molar-refractivity contribution < 1.29 is 13.9 Å². The first-order chi connectivity index (χ1) is 17.1. The summed E-state index contributed by atoms with van der Waals surface area (Å²) in [5, 5.41) is 14.5. The van der Waals surface area contributed by atoms with Gasteiger partial charge in [0.1, 0.15) is 16.9 Å². The fourth-order valence-corrected chi connectivity index (χ4v) is 5.69. The van der Waals surface area contributed by atoms with Crippen molar-refractivity contribution in [3.63, 3.8) is 0 Å². The third-order valence-corrected chi connectivity index (χ3v) is 7.86. The van der Waals surface area contributed by atoms with E-state index in [-0.39, 0.29) is 11.2 Å². The molecule has 1 saturated heterocycles. The molecule has 0 bridgehead atoms. The molecule has 35 heavy (non-hydrogen) atoms. The van der Waals surface area contributed by atoms with Crippen LogP contribution in [0.1, 0.15) is 45.1 Å². The number of aromatic nitrogens is 3. The van der Waals surface area contributed by atoms with Crippen molar-refractivity contribution >= 4 is 51.2 Å². The van der Waals surface area contributed by atoms with Crippen LogP contribution in [0.4, 0.5) is 11.6 Å². The Morgan fingerprint density at radius 3 is 2.69 bits per heavy atom. The van der Waals surface area contributed by atoms with Crippen molar-refractivity contribution in [1.82, 2.24) is 14.8 Å². The molecule has 4 aromatic rings. The fraction of sp³-hybridized carbons (Fsp3) is 0.423. The number of carbonyl (C=O) groups is 1. The van der Waals surface area contributed by atoms with Gasteiger partial charge in [0.25, 0.3) is 0 Å². The molecule has 1 amide bonds. The van der Waals surface area contributed by atoms with E-state index in [0.717, 1.165) is 53.4 Å². The van der Waals surface area contributed by atoms with Crippen molar-refractivity contribution in [2.24, 2.45) is 0 Å². The molecule has 3 heterocycles. The number of rotatable bonds is 7. The molecule has 2 fully saturated rings. The number of fused-ring (bicyclic) bond motifs is 3. The summed E-state index contributed by atoms with van der Waals surface area (Å²) in [6.07, 6.45) is 5.94. The van der Waals surface area contributed by atoms with Gasteiger partial charge in [-0.25, -0.2) is 0 Å². The molecular weight excluding hydrogens is 462 g/mol. The van der Waals surface area contributed by atoms with Gasteiger partial charge in [-0.1, -0.05) is 30.0 Å². The summed E-state index contributed by atoms with van der Waals surface area (Å²) < 4.78 is 13.9. The Morgan fingerprint density at radius 1 is 1.11 bits per heavy atom. The van der Waals surface area contributed by atoms with Gasteiger partial charge < -0.3 is 19.4 Å². The summed E-state index contributed by atoms with van der Waals surface area (Å²) in [6, 6.07) is 12.1. The van der Waals surface area contributed by atoms with Gasteiger partial charge in [0.15, 0.2) is 5.16 Å². The lowest BCUT2D eigenvalue weighted by atomic mass is 10.1. The van der Waals surface area contributed by atoms with Gasteiger partial charge in [0.05, 0.1) is 18.0 Å². The highest BCUT2D eigenvalue weighted by atomic mass is 32.2. The molecule has 6 rings (SSSR count). The number of nitrogens with one attached hydrogen (secondary N) is 1. The minimum Gasteiger partial charge on any atom is -0.495 e. The van der Waals surface area contributed by atoms with E-state index in [1.54, 1.807) is 7.11 Å². The van der Waals surface area contributed by atoms with Gasteiger partial charge in [-0.2, -0.15) is 0 Å². The van der Waals surface area contributed by atoms with Crippen LogP contribution in [-0.4, -0.2) is 46.1 Å². The smallest absolute Gasteiger partial charge is 0.237 e. The van der Waals surface area contributed by atoms with Gasteiger partial charge in [-0.3, -0.25) is 9.36 Å². The van der Waals surface area contributed by atoms with E-state index in [2.05, 4.69) is 25.0 Å². The van der Waals surface area contributed by atoms with Crippen LogP contribution in [0.5, 0.6) is 5.75 Å². The molecule has 1 aliphatic heterocycles. The van der Waals surface area contributed by atoms with Crippen LogP contribution in [0.15, 0.2) is 46.0 Å². The minimum atomic E-state index is -0.359. The summed E-state index contributed by atoms with van der Waals surface area (Å²) in [5.41, 5.74) is 2.11. The lowest BCUT2D eigenvalue weighted by Crippen LogP contribution is -2.32. The second-order valence-electron chi connectivity index (χ2n) is 9.33. The predicted octanol–water partition coefficient (Wildman–Crippen LogP) is 5.63. The monoisotopic (exact) mass is 491 g/mol. The Hall–Kier alpha value is -3.20. The molecule has 1 atom stereocenters. The molecule has 0 radical (unpaired) electrons. The molecule has 2 aromatic carbocycles. The van der Waals surface area contributed by atoms with Crippen LogP contribution >= 0.6 is 11.8 Å². The van der Waals surface area contributed by atoms with E-state index in [9.17, 15) is 4.79 Å². The van der Waals surface area contributed by atoms with Crippen molar-refractivity contribution in [3.8, 4) is 5.75 Å².